The number of alkyl carbamates (subject to hydrolysis) is 1. The number of amides is 1. The monoisotopic (exact) mass is 305 g/mol. The normalized spacial score (nSPS) is 18.9. The Labute approximate surface area is 132 Å². The van der Waals surface area contributed by atoms with Gasteiger partial charge in [-0.1, -0.05) is 12.1 Å². The summed E-state index contributed by atoms with van der Waals surface area (Å²) in [7, 11) is 0. The van der Waals surface area contributed by atoms with E-state index in [4.69, 9.17) is 10.5 Å². The largest absolute Gasteiger partial charge is 0.444 e. The standard InChI is InChI=1S/C17H27N3O2/c1-17(2,3)22-16(21)19-11-13-7-6-10-20(12-13)15-9-5-4-8-14(15)18/h4-5,8-9,13H,6-7,10-12,18H2,1-3H3,(H,19,21)/t13-/m1/s1. The van der Waals surface area contributed by atoms with E-state index in [2.05, 4.69) is 16.3 Å². The summed E-state index contributed by atoms with van der Waals surface area (Å²) in [5, 5.41) is 2.88. The second-order valence-corrected chi connectivity index (χ2v) is 6.90. The van der Waals surface area contributed by atoms with Gasteiger partial charge in [0.15, 0.2) is 0 Å². The van der Waals surface area contributed by atoms with Crippen LogP contribution in [0.5, 0.6) is 0 Å². The number of nitrogens with two attached hydrogens (primary N) is 1. The lowest BCUT2D eigenvalue weighted by molar-refractivity contribution is 0.0517. The maximum absolute atomic E-state index is 11.7. The van der Waals surface area contributed by atoms with Crippen LogP contribution in [0.1, 0.15) is 33.6 Å². The molecule has 5 nitrogen and oxygen atoms in total. The molecule has 1 saturated heterocycles. The van der Waals surface area contributed by atoms with Crippen molar-refractivity contribution in [2.45, 2.75) is 39.2 Å². The van der Waals surface area contributed by atoms with Crippen molar-refractivity contribution in [3.8, 4) is 0 Å². The number of hydrogen-bond donors (Lipinski definition) is 2. The van der Waals surface area contributed by atoms with E-state index in [0.29, 0.717) is 12.5 Å². The van der Waals surface area contributed by atoms with Crippen molar-refractivity contribution in [3.05, 3.63) is 24.3 Å². The molecule has 1 aromatic carbocycles. The molecule has 0 saturated carbocycles. The smallest absolute Gasteiger partial charge is 0.407 e. The van der Waals surface area contributed by atoms with Gasteiger partial charge in [-0.25, -0.2) is 4.79 Å². The van der Waals surface area contributed by atoms with E-state index in [1.165, 1.54) is 0 Å². The number of para-hydroxylation sites is 2. The Kier molecular flexibility index (Phi) is 5.16. The summed E-state index contributed by atoms with van der Waals surface area (Å²) in [6, 6.07) is 7.94. The maximum atomic E-state index is 11.7. The molecule has 2 rings (SSSR count). The summed E-state index contributed by atoms with van der Waals surface area (Å²) in [5.74, 6) is 0.417. The van der Waals surface area contributed by atoms with Gasteiger partial charge in [-0.05, 0) is 51.7 Å². The van der Waals surface area contributed by atoms with Crippen molar-refractivity contribution < 1.29 is 9.53 Å². The lowest BCUT2D eigenvalue weighted by atomic mass is 9.97. The van der Waals surface area contributed by atoms with Gasteiger partial charge >= 0.3 is 6.09 Å². The van der Waals surface area contributed by atoms with Gasteiger partial charge in [-0.3, -0.25) is 0 Å². The number of carbonyl (C=O) groups is 1. The van der Waals surface area contributed by atoms with Gasteiger partial charge in [0, 0.05) is 19.6 Å². The molecule has 1 amide bonds. The number of benzene rings is 1. The van der Waals surface area contributed by atoms with Crippen LogP contribution in [0.4, 0.5) is 16.2 Å². The van der Waals surface area contributed by atoms with E-state index in [0.717, 1.165) is 37.3 Å². The lowest BCUT2D eigenvalue weighted by Crippen LogP contribution is -2.42. The molecule has 22 heavy (non-hydrogen) atoms. The van der Waals surface area contributed by atoms with Crippen LogP contribution in [-0.2, 0) is 4.74 Å². The van der Waals surface area contributed by atoms with Crippen LogP contribution in [0.2, 0.25) is 0 Å². The summed E-state index contributed by atoms with van der Waals surface area (Å²) >= 11 is 0. The Hall–Kier alpha value is -1.91. The fraction of sp³-hybridized carbons (Fsp3) is 0.588. The molecule has 0 radical (unpaired) electrons. The van der Waals surface area contributed by atoms with Crippen LogP contribution in [0, 0.1) is 5.92 Å². The van der Waals surface area contributed by atoms with E-state index in [1.54, 1.807) is 0 Å². The quantitative estimate of drug-likeness (QED) is 0.842. The highest BCUT2D eigenvalue weighted by Gasteiger charge is 2.23. The summed E-state index contributed by atoms with van der Waals surface area (Å²) < 4.78 is 5.28. The van der Waals surface area contributed by atoms with E-state index in [-0.39, 0.29) is 6.09 Å². The highest BCUT2D eigenvalue weighted by molar-refractivity contribution is 5.68. The molecule has 1 aliphatic rings. The first-order chi connectivity index (χ1) is 10.3. The number of piperidine rings is 1. The molecule has 0 spiro atoms. The van der Waals surface area contributed by atoms with Gasteiger partial charge in [0.2, 0.25) is 0 Å². The Morgan fingerprint density at radius 1 is 1.41 bits per heavy atom. The highest BCUT2D eigenvalue weighted by atomic mass is 16.6. The van der Waals surface area contributed by atoms with Gasteiger partial charge in [-0.15, -0.1) is 0 Å². The highest BCUT2D eigenvalue weighted by Crippen LogP contribution is 2.27. The maximum Gasteiger partial charge on any atom is 0.407 e. The minimum atomic E-state index is -0.457. The molecular formula is C17H27N3O2. The van der Waals surface area contributed by atoms with Crippen LogP contribution in [0.25, 0.3) is 0 Å². The van der Waals surface area contributed by atoms with Crippen molar-refractivity contribution >= 4 is 17.5 Å². The molecule has 1 atom stereocenters. The molecule has 122 valence electrons. The van der Waals surface area contributed by atoms with Gasteiger partial charge in [0.1, 0.15) is 5.60 Å². The first-order valence-electron chi connectivity index (χ1n) is 7.91. The Bertz CT molecular complexity index is 511. The zero-order valence-corrected chi connectivity index (χ0v) is 13.8. The average molecular weight is 305 g/mol. The fourth-order valence-corrected chi connectivity index (χ4v) is 2.77. The molecule has 3 N–H and O–H groups in total. The van der Waals surface area contributed by atoms with Gasteiger partial charge < -0.3 is 20.7 Å². The van der Waals surface area contributed by atoms with Crippen LogP contribution < -0.4 is 16.0 Å². The summed E-state index contributed by atoms with van der Waals surface area (Å²) in [6.45, 7) is 8.16. The molecule has 1 heterocycles. The van der Waals surface area contributed by atoms with Crippen molar-refractivity contribution in [1.29, 1.82) is 0 Å². The van der Waals surface area contributed by atoms with E-state index < -0.39 is 5.60 Å². The van der Waals surface area contributed by atoms with Crippen LogP contribution >= 0.6 is 0 Å². The molecule has 1 aliphatic heterocycles. The fourth-order valence-electron chi connectivity index (χ4n) is 2.77. The van der Waals surface area contributed by atoms with E-state index in [9.17, 15) is 4.79 Å². The van der Waals surface area contributed by atoms with Crippen molar-refractivity contribution in [3.63, 3.8) is 0 Å². The number of carbonyl (C=O) groups excluding carboxylic acids is 1. The minimum absolute atomic E-state index is 0.344. The summed E-state index contributed by atoms with van der Waals surface area (Å²) in [4.78, 5) is 14.0. The predicted octanol–water partition coefficient (Wildman–Crippen LogP) is 3.01. The zero-order valence-electron chi connectivity index (χ0n) is 13.8. The molecule has 0 unspecified atom stereocenters. The third-order valence-electron chi connectivity index (χ3n) is 3.73. The molecule has 5 heteroatoms. The molecule has 1 aromatic rings. The average Bonchev–Trinajstić information content (AvgIpc) is 2.44. The first kappa shape index (κ1) is 16.5. The molecule has 1 fully saturated rings. The zero-order chi connectivity index (χ0) is 16.2. The number of nitrogens with one attached hydrogen (secondary N) is 1. The number of ether oxygens (including phenoxy) is 1. The Morgan fingerprint density at radius 2 is 2.14 bits per heavy atom. The molecule has 0 aromatic heterocycles. The number of nitrogens with zero attached hydrogens (tertiary/aromatic N) is 1. The minimum Gasteiger partial charge on any atom is -0.444 e. The molecule has 0 aliphatic carbocycles. The number of hydrogen-bond acceptors (Lipinski definition) is 4. The van der Waals surface area contributed by atoms with Crippen molar-refractivity contribution in [1.82, 2.24) is 5.32 Å². The number of rotatable bonds is 3. The summed E-state index contributed by atoms with van der Waals surface area (Å²) in [5.41, 5.74) is 7.50. The van der Waals surface area contributed by atoms with Crippen molar-refractivity contribution in [2.75, 3.05) is 30.3 Å². The van der Waals surface area contributed by atoms with E-state index >= 15 is 0 Å². The SMILES string of the molecule is CC(C)(C)OC(=O)NC[C@H]1CCCN(c2ccccc2N)C1. The van der Waals surface area contributed by atoms with E-state index in [1.807, 2.05) is 39.0 Å². The van der Waals surface area contributed by atoms with Crippen LogP contribution in [0.3, 0.4) is 0 Å². The van der Waals surface area contributed by atoms with Gasteiger partial charge in [0.05, 0.1) is 11.4 Å². The van der Waals surface area contributed by atoms with Crippen LogP contribution in [-0.4, -0.2) is 31.3 Å². The van der Waals surface area contributed by atoms with Gasteiger partial charge in [-0.2, -0.15) is 0 Å². The topological polar surface area (TPSA) is 67.6 Å². The summed E-state index contributed by atoms with van der Waals surface area (Å²) in [6.07, 6.45) is 1.87. The lowest BCUT2D eigenvalue weighted by Gasteiger charge is -2.35. The second-order valence-electron chi connectivity index (χ2n) is 6.90. The van der Waals surface area contributed by atoms with Crippen molar-refractivity contribution in [2.24, 2.45) is 5.92 Å². The molecule has 0 bridgehead atoms. The number of anilines is 2. The first-order valence-corrected chi connectivity index (χ1v) is 7.91. The number of nitrogen functional groups attached to an aromatic ring is 1. The van der Waals surface area contributed by atoms with Gasteiger partial charge in [0.25, 0.3) is 0 Å². The van der Waals surface area contributed by atoms with Crippen LogP contribution in [0.15, 0.2) is 24.3 Å². The third kappa shape index (κ3) is 4.83. The third-order valence-corrected chi connectivity index (χ3v) is 3.73. The Balaban J connectivity index is 1.86. The predicted molar refractivity (Wildman–Crippen MR) is 90.0 cm³/mol. The Morgan fingerprint density at radius 3 is 2.82 bits per heavy atom. The molecular weight excluding hydrogens is 278 g/mol. The second kappa shape index (κ2) is 6.90.